The maximum atomic E-state index is 12.8. The third-order valence-electron chi connectivity index (χ3n) is 4.36. The summed E-state index contributed by atoms with van der Waals surface area (Å²) in [4.78, 5) is 36.7. The van der Waals surface area contributed by atoms with Crippen molar-refractivity contribution in [3.63, 3.8) is 0 Å². The first-order chi connectivity index (χ1) is 14.9. The minimum Gasteiger partial charge on any atom is -0.490 e. The number of hydrogen-bond acceptors (Lipinski definition) is 7. The monoisotopic (exact) mass is 440 g/mol. The lowest BCUT2D eigenvalue weighted by molar-refractivity contribution is -0.385. The van der Waals surface area contributed by atoms with Crippen LogP contribution in [0.4, 0.5) is 10.7 Å². The summed E-state index contributed by atoms with van der Waals surface area (Å²) in [6, 6.07) is 15.3. The molecule has 0 aliphatic heterocycles. The molecule has 0 atom stereocenters. The minimum absolute atomic E-state index is 0.0510. The number of amides is 1. The quantitative estimate of drug-likeness (QED) is 0.309. The molecule has 3 aromatic rings. The molecule has 8 nitrogen and oxygen atoms in total. The highest BCUT2D eigenvalue weighted by molar-refractivity contribution is 7.16. The molecule has 1 N–H and O–H groups in total. The van der Waals surface area contributed by atoms with Gasteiger partial charge in [-0.1, -0.05) is 30.3 Å². The van der Waals surface area contributed by atoms with Gasteiger partial charge in [0, 0.05) is 22.9 Å². The third kappa shape index (κ3) is 5.26. The van der Waals surface area contributed by atoms with Crippen LogP contribution in [0, 0.1) is 10.1 Å². The van der Waals surface area contributed by atoms with E-state index in [2.05, 4.69) is 5.32 Å². The smallest absolute Gasteiger partial charge is 0.341 e. The Balaban J connectivity index is 1.90. The van der Waals surface area contributed by atoms with Gasteiger partial charge >= 0.3 is 11.7 Å². The Morgan fingerprint density at radius 2 is 1.87 bits per heavy atom. The van der Waals surface area contributed by atoms with Crippen molar-refractivity contribution in [2.45, 2.75) is 13.3 Å². The molecule has 31 heavy (non-hydrogen) atoms. The fourth-order valence-corrected chi connectivity index (χ4v) is 4.00. The van der Waals surface area contributed by atoms with Gasteiger partial charge in [-0.3, -0.25) is 14.9 Å². The number of carbonyl (C=O) groups excluding carboxylic acids is 2. The highest BCUT2D eigenvalue weighted by atomic mass is 32.1. The minimum atomic E-state index is -0.622. The van der Waals surface area contributed by atoms with E-state index in [1.807, 2.05) is 30.3 Å². The third-order valence-corrected chi connectivity index (χ3v) is 5.41. The molecule has 0 aliphatic rings. The van der Waals surface area contributed by atoms with Crippen LogP contribution in [-0.4, -0.2) is 30.5 Å². The van der Waals surface area contributed by atoms with Crippen molar-refractivity contribution in [1.82, 2.24) is 0 Å². The summed E-state index contributed by atoms with van der Waals surface area (Å²) in [5.41, 5.74) is 1.05. The molecular weight excluding hydrogens is 420 g/mol. The van der Waals surface area contributed by atoms with Gasteiger partial charge in [0.25, 0.3) is 5.91 Å². The summed E-state index contributed by atoms with van der Waals surface area (Å²) >= 11 is 1.26. The zero-order valence-corrected chi connectivity index (χ0v) is 17.7. The predicted octanol–water partition coefficient (Wildman–Crippen LogP) is 4.68. The van der Waals surface area contributed by atoms with E-state index in [0.29, 0.717) is 11.4 Å². The van der Waals surface area contributed by atoms with Crippen molar-refractivity contribution in [2.24, 2.45) is 0 Å². The number of anilines is 1. The van der Waals surface area contributed by atoms with Crippen LogP contribution in [0.25, 0.3) is 0 Å². The molecule has 3 rings (SSSR count). The maximum Gasteiger partial charge on any atom is 0.341 e. The molecule has 0 spiro atoms. The van der Waals surface area contributed by atoms with Crippen molar-refractivity contribution in [3.8, 4) is 5.75 Å². The Kier molecular flexibility index (Phi) is 6.99. The van der Waals surface area contributed by atoms with Gasteiger partial charge in [-0.15, -0.1) is 11.3 Å². The van der Waals surface area contributed by atoms with Gasteiger partial charge in [0.2, 0.25) is 0 Å². The average Bonchev–Trinajstić information content (AvgIpc) is 3.16. The molecule has 2 aromatic carbocycles. The van der Waals surface area contributed by atoms with E-state index < -0.39 is 16.8 Å². The van der Waals surface area contributed by atoms with E-state index >= 15 is 0 Å². The summed E-state index contributed by atoms with van der Waals surface area (Å²) in [5, 5.41) is 14.3. The number of hydrogen-bond donors (Lipinski definition) is 1. The van der Waals surface area contributed by atoms with Crippen LogP contribution in [-0.2, 0) is 11.2 Å². The number of rotatable bonds is 8. The molecule has 0 saturated carbocycles. The van der Waals surface area contributed by atoms with Gasteiger partial charge in [-0.25, -0.2) is 4.79 Å². The van der Waals surface area contributed by atoms with E-state index in [1.54, 1.807) is 13.0 Å². The van der Waals surface area contributed by atoms with Crippen LogP contribution < -0.4 is 10.1 Å². The number of thiophene rings is 1. The van der Waals surface area contributed by atoms with E-state index in [1.165, 1.54) is 30.6 Å². The molecule has 0 aliphatic carbocycles. The van der Waals surface area contributed by atoms with E-state index in [-0.39, 0.29) is 29.2 Å². The van der Waals surface area contributed by atoms with Gasteiger partial charge in [-0.05, 0) is 30.7 Å². The first-order valence-electron chi connectivity index (χ1n) is 9.40. The van der Waals surface area contributed by atoms with Crippen LogP contribution in [0.1, 0.15) is 38.1 Å². The number of benzene rings is 2. The van der Waals surface area contributed by atoms with Crippen molar-refractivity contribution in [3.05, 3.63) is 86.3 Å². The fourth-order valence-electron chi connectivity index (χ4n) is 2.93. The second kappa shape index (κ2) is 9.86. The first kappa shape index (κ1) is 22.0. The van der Waals surface area contributed by atoms with E-state index in [0.717, 1.165) is 16.5 Å². The number of carbonyl (C=O) groups is 2. The zero-order valence-electron chi connectivity index (χ0n) is 16.9. The highest BCUT2D eigenvalue weighted by Crippen LogP contribution is 2.32. The summed E-state index contributed by atoms with van der Waals surface area (Å²) in [6.07, 6.45) is 0.585. The molecule has 160 valence electrons. The van der Waals surface area contributed by atoms with Crippen molar-refractivity contribution >= 4 is 33.9 Å². The molecule has 1 amide bonds. The van der Waals surface area contributed by atoms with Crippen LogP contribution in [0.2, 0.25) is 0 Å². The van der Waals surface area contributed by atoms with E-state index in [4.69, 9.17) is 9.47 Å². The molecule has 0 radical (unpaired) electrons. The Bertz CT molecular complexity index is 1110. The molecule has 0 saturated heterocycles. The predicted molar refractivity (Wildman–Crippen MR) is 117 cm³/mol. The van der Waals surface area contributed by atoms with Gasteiger partial charge in [-0.2, -0.15) is 0 Å². The van der Waals surface area contributed by atoms with Gasteiger partial charge in [0.1, 0.15) is 5.00 Å². The molecule has 1 heterocycles. The van der Waals surface area contributed by atoms with Crippen molar-refractivity contribution < 1.29 is 24.0 Å². The second-order valence-corrected chi connectivity index (χ2v) is 7.57. The van der Waals surface area contributed by atoms with Gasteiger partial charge in [0.15, 0.2) is 5.75 Å². The number of nitro groups is 1. The summed E-state index contributed by atoms with van der Waals surface area (Å²) < 4.78 is 10.1. The Morgan fingerprint density at radius 3 is 2.52 bits per heavy atom. The summed E-state index contributed by atoms with van der Waals surface area (Å²) in [6.45, 7) is 1.89. The molecule has 0 bridgehead atoms. The summed E-state index contributed by atoms with van der Waals surface area (Å²) in [5.74, 6) is -1.08. The molecular formula is C22H20N2O6S. The summed E-state index contributed by atoms with van der Waals surface area (Å²) in [7, 11) is 1.31. The lowest BCUT2D eigenvalue weighted by Gasteiger charge is -2.07. The number of nitrogens with one attached hydrogen (secondary N) is 1. The zero-order chi connectivity index (χ0) is 22.4. The van der Waals surface area contributed by atoms with E-state index in [9.17, 15) is 19.7 Å². The molecule has 0 fully saturated rings. The fraction of sp³-hybridized carbons (Fsp3) is 0.182. The Morgan fingerprint density at radius 1 is 1.13 bits per heavy atom. The van der Waals surface area contributed by atoms with Crippen molar-refractivity contribution in [1.29, 1.82) is 0 Å². The molecule has 9 heteroatoms. The van der Waals surface area contributed by atoms with Crippen LogP contribution >= 0.6 is 11.3 Å². The lowest BCUT2D eigenvalue weighted by Crippen LogP contribution is -2.14. The first-order valence-corrected chi connectivity index (χ1v) is 10.2. The number of methoxy groups -OCH3 is 1. The Hall–Kier alpha value is -3.72. The van der Waals surface area contributed by atoms with Crippen molar-refractivity contribution in [2.75, 3.05) is 19.0 Å². The van der Waals surface area contributed by atoms with Crippen LogP contribution in [0.3, 0.4) is 0 Å². The number of ether oxygens (including phenoxy) is 2. The molecule has 1 aromatic heterocycles. The van der Waals surface area contributed by atoms with Crippen LogP contribution in [0.15, 0.2) is 54.6 Å². The van der Waals surface area contributed by atoms with Gasteiger partial charge in [0.05, 0.1) is 24.2 Å². The number of nitrogens with zero attached hydrogens (tertiary/aromatic N) is 1. The topological polar surface area (TPSA) is 108 Å². The Labute approximate surface area is 182 Å². The highest BCUT2D eigenvalue weighted by Gasteiger charge is 2.22. The number of esters is 1. The van der Waals surface area contributed by atoms with Crippen LogP contribution in [0.5, 0.6) is 5.75 Å². The maximum absolute atomic E-state index is 12.8. The normalized spacial score (nSPS) is 10.4. The van der Waals surface area contributed by atoms with Gasteiger partial charge < -0.3 is 14.8 Å². The largest absolute Gasteiger partial charge is 0.490 e. The second-order valence-electron chi connectivity index (χ2n) is 6.44. The lowest BCUT2D eigenvalue weighted by atomic mass is 10.1. The SMILES string of the molecule is CCOC(=O)c1cc(Cc2ccccc2)sc1NC(=O)c1ccc(OC)c([N+](=O)[O-])c1. The molecule has 0 unspecified atom stereocenters. The average molecular weight is 440 g/mol. The standard InChI is InChI=1S/C22H20N2O6S/c1-3-30-22(26)17-13-16(11-14-7-5-4-6-8-14)31-21(17)23-20(25)15-9-10-19(29-2)18(12-15)24(27)28/h4-10,12-13H,3,11H2,1-2H3,(H,23,25). The number of nitro benzene ring substituents is 1.